The van der Waals surface area contributed by atoms with Crippen LogP contribution in [0, 0.1) is 0 Å². The van der Waals surface area contributed by atoms with E-state index in [2.05, 4.69) is 197 Å². The lowest BCUT2D eigenvalue weighted by atomic mass is 9.44. The highest BCUT2D eigenvalue weighted by molar-refractivity contribution is 6.90. The van der Waals surface area contributed by atoms with Gasteiger partial charge in [-0.1, -0.05) is 140 Å². The van der Waals surface area contributed by atoms with Crippen molar-refractivity contribution < 1.29 is 8.83 Å². The first-order chi connectivity index (χ1) is 29.3. The van der Waals surface area contributed by atoms with Gasteiger partial charge >= 0.3 is 6.85 Å². The standard InChI is InChI=1S/C54H31BN2O2/c1-3-13-32(14-4-1)34-23-26-36(27-24-34)56-45-28-25-35(33-15-5-2-6-16-33)29-43(45)55-51-46(56)31-41-38-18-9-12-22-48(38)58-53(41)49(51)42-30-40-37-17-8-11-21-47(37)59-54(40)50-39-19-7-10-20-44(39)57(55)52(42)50/h1-31H. The molecule has 14 rings (SSSR count). The largest absolute Gasteiger partial charge is 0.455 e. The van der Waals surface area contributed by atoms with Crippen molar-refractivity contribution in [1.29, 1.82) is 0 Å². The van der Waals surface area contributed by atoms with E-state index in [9.17, 15) is 0 Å². The van der Waals surface area contributed by atoms with Gasteiger partial charge in [-0.15, -0.1) is 0 Å². The third-order valence-electron chi connectivity index (χ3n) is 12.9. The Morgan fingerprint density at radius 1 is 0.424 bits per heavy atom. The Balaban J connectivity index is 1.18. The number of aromatic nitrogens is 1. The second-order valence-electron chi connectivity index (χ2n) is 16.0. The maximum Gasteiger partial charge on any atom is 0.333 e. The van der Waals surface area contributed by atoms with Crippen LogP contribution in [-0.2, 0) is 0 Å². The maximum absolute atomic E-state index is 7.06. The van der Waals surface area contributed by atoms with E-state index in [4.69, 9.17) is 8.83 Å². The molecule has 0 saturated carbocycles. The highest BCUT2D eigenvalue weighted by Gasteiger charge is 2.45. The van der Waals surface area contributed by atoms with Gasteiger partial charge in [-0.2, -0.15) is 0 Å². The number of benzene rings is 9. The van der Waals surface area contributed by atoms with Gasteiger partial charge in [-0.25, -0.2) is 0 Å². The van der Waals surface area contributed by atoms with E-state index in [1.807, 2.05) is 0 Å². The van der Waals surface area contributed by atoms with Crippen LogP contribution in [0.4, 0.5) is 17.1 Å². The highest BCUT2D eigenvalue weighted by Crippen LogP contribution is 2.52. The lowest BCUT2D eigenvalue weighted by Gasteiger charge is -2.40. The van der Waals surface area contributed by atoms with Crippen LogP contribution in [-0.4, -0.2) is 11.3 Å². The second-order valence-corrected chi connectivity index (χ2v) is 16.0. The number of hydrogen-bond donors (Lipinski definition) is 0. The Labute approximate surface area is 338 Å². The van der Waals surface area contributed by atoms with Crippen LogP contribution < -0.4 is 15.8 Å². The fourth-order valence-electron chi connectivity index (χ4n) is 10.5. The number of hydrogen-bond acceptors (Lipinski definition) is 3. The van der Waals surface area contributed by atoms with Crippen LogP contribution in [0.3, 0.4) is 0 Å². The molecule has 0 saturated heterocycles. The normalized spacial score (nSPS) is 13.0. The molecule has 0 N–H and O–H groups in total. The third-order valence-corrected chi connectivity index (χ3v) is 12.9. The summed E-state index contributed by atoms with van der Waals surface area (Å²) in [5.74, 6) is 0. The molecular formula is C54H31BN2O2. The van der Waals surface area contributed by atoms with E-state index in [0.29, 0.717) is 0 Å². The van der Waals surface area contributed by atoms with E-state index in [-0.39, 0.29) is 6.85 Å². The van der Waals surface area contributed by atoms with Gasteiger partial charge in [0, 0.05) is 66.2 Å². The summed E-state index contributed by atoms with van der Waals surface area (Å²) in [6.07, 6.45) is 0. The molecule has 0 atom stereocenters. The van der Waals surface area contributed by atoms with Crippen molar-refractivity contribution in [1.82, 2.24) is 4.48 Å². The molecule has 5 heteroatoms. The summed E-state index contributed by atoms with van der Waals surface area (Å²) in [4.78, 5) is 2.50. The predicted octanol–water partition coefficient (Wildman–Crippen LogP) is 13.3. The van der Waals surface area contributed by atoms with Gasteiger partial charge in [-0.3, -0.25) is 0 Å². The van der Waals surface area contributed by atoms with Gasteiger partial charge in [0.15, 0.2) is 0 Å². The Morgan fingerprint density at radius 3 is 1.73 bits per heavy atom. The van der Waals surface area contributed by atoms with Crippen LogP contribution >= 0.6 is 0 Å². The summed E-state index contributed by atoms with van der Waals surface area (Å²) < 4.78 is 16.5. The zero-order valence-corrected chi connectivity index (χ0v) is 31.7. The molecule has 12 aromatic rings. The zero-order valence-electron chi connectivity index (χ0n) is 31.7. The Morgan fingerprint density at radius 2 is 1.00 bits per heavy atom. The number of furan rings is 2. The first-order valence-corrected chi connectivity index (χ1v) is 20.3. The van der Waals surface area contributed by atoms with E-state index < -0.39 is 0 Å². The van der Waals surface area contributed by atoms with Gasteiger partial charge in [0.25, 0.3) is 0 Å². The second kappa shape index (κ2) is 11.4. The number of anilines is 3. The summed E-state index contributed by atoms with van der Waals surface area (Å²) in [6.45, 7) is -0.159. The van der Waals surface area contributed by atoms with Crippen LogP contribution in [0.2, 0.25) is 0 Å². The molecule has 9 aromatic carbocycles. The Kier molecular flexibility index (Phi) is 6.07. The van der Waals surface area contributed by atoms with Crippen molar-refractivity contribution in [2.45, 2.75) is 0 Å². The van der Waals surface area contributed by atoms with Crippen molar-refractivity contribution in [3.63, 3.8) is 0 Å². The number of nitrogens with zero attached hydrogens (tertiary/aromatic N) is 2. The predicted molar refractivity (Wildman–Crippen MR) is 245 cm³/mol. The minimum Gasteiger partial charge on any atom is -0.455 e. The van der Waals surface area contributed by atoms with Crippen molar-refractivity contribution >= 4 is 101 Å². The average molecular weight is 751 g/mol. The number of para-hydroxylation sites is 3. The molecule has 5 heterocycles. The number of rotatable bonds is 3. The molecule has 59 heavy (non-hydrogen) atoms. The van der Waals surface area contributed by atoms with Crippen molar-refractivity contribution in [2.24, 2.45) is 0 Å². The smallest absolute Gasteiger partial charge is 0.333 e. The molecule has 0 amide bonds. The SMILES string of the molecule is c1ccc(-c2ccc(N3c4ccc(-c5ccccc5)cc4B4c5c3cc3c(oc6ccccc63)c5-c3cc5c6ccccc6oc5c5c6ccccc6n4c35)cc2)cc1. The maximum atomic E-state index is 7.06. The van der Waals surface area contributed by atoms with Crippen LogP contribution in [0.5, 0.6) is 0 Å². The fourth-order valence-corrected chi connectivity index (χ4v) is 10.5. The first kappa shape index (κ1) is 31.3. The summed E-state index contributed by atoms with van der Waals surface area (Å²) >= 11 is 0. The Bertz CT molecular complexity index is 3730. The topological polar surface area (TPSA) is 34.5 Å². The molecule has 2 aliphatic heterocycles. The molecule has 272 valence electrons. The monoisotopic (exact) mass is 750 g/mol. The molecule has 0 fully saturated rings. The summed E-state index contributed by atoms with van der Waals surface area (Å²) in [5.41, 5.74) is 18.9. The molecule has 0 radical (unpaired) electrons. The average Bonchev–Trinajstić information content (AvgIpc) is 3.98. The zero-order chi connectivity index (χ0) is 38.3. The van der Waals surface area contributed by atoms with Crippen molar-refractivity contribution in [2.75, 3.05) is 4.90 Å². The summed E-state index contributed by atoms with van der Waals surface area (Å²) in [5, 5.41) is 6.77. The van der Waals surface area contributed by atoms with E-state index in [0.717, 1.165) is 77.5 Å². The van der Waals surface area contributed by atoms with Crippen LogP contribution in [0.15, 0.2) is 197 Å². The molecule has 3 aromatic heterocycles. The van der Waals surface area contributed by atoms with E-state index >= 15 is 0 Å². The van der Waals surface area contributed by atoms with Gasteiger partial charge in [0.1, 0.15) is 22.3 Å². The fraction of sp³-hybridized carbons (Fsp3) is 0. The summed E-state index contributed by atoms with van der Waals surface area (Å²) in [7, 11) is 0. The lowest BCUT2D eigenvalue weighted by Crippen LogP contribution is -2.56. The van der Waals surface area contributed by atoms with Gasteiger partial charge in [-0.05, 0) is 81.7 Å². The molecule has 0 aliphatic carbocycles. The number of fused-ring (bicyclic) bond motifs is 15. The van der Waals surface area contributed by atoms with Crippen LogP contribution in [0.1, 0.15) is 0 Å². The van der Waals surface area contributed by atoms with Crippen molar-refractivity contribution in [3.8, 4) is 33.4 Å². The third kappa shape index (κ3) is 4.13. The van der Waals surface area contributed by atoms with Gasteiger partial charge in [0.2, 0.25) is 0 Å². The van der Waals surface area contributed by atoms with Crippen LogP contribution in [0.25, 0.3) is 99.1 Å². The molecular weight excluding hydrogens is 719 g/mol. The van der Waals surface area contributed by atoms with E-state index in [1.165, 1.54) is 49.6 Å². The highest BCUT2D eigenvalue weighted by atomic mass is 16.3. The molecule has 4 nitrogen and oxygen atoms in total. The Hall–Kier alpha value is -7.76. The minimum absolute atomic E-state index is 0.159. The van der Waals surface area contributed by atoms with Gasteiger partial charge < -0.3 is 18.2 Å². The molecule has 0 spiro atoms. The molecule has 2 aliphatic rings. The van der Waals surface area contributed by atoms with Gasteiger partial charge in [0.05, 0.1) is 5.39 Å². The molecule has 0 unspecified atom stereocenters. The quantitative estimate of drug-likeness (QED) is 0.169. The summed E-state index contributed by atoms with van der Waals surface area (Å²) in [6, 6.07) is 68.1. The van der Waals surface area contributed by atoms with E-state index in [1.54, 1.807) is 0 Å². The minimum atomic E-state index is -0.159. The first-order valence-electron chi connectivity index (χ1n) is 20.3. The molecule has 0 bridgehead atoms. The lowest BCUT2D eigenvalue weighted by molar-refractivity contribution is 0.670. The van der Waals surface area contributed by atoms with Crippen molar-refractivity contribution in [3.05, 3.63) is 188 Å².